The Morgan fingerprint density at radius 3 is 1.93 bits per heavy atom. The van der Waals surface area contributed by atoms with Crippen LogP contribution in [-0.2, 0) is 0 Å². The zero-order valence-electron chi connectivity index (χ0n) is 30.4. The van der Waals surface area contributed by atoms with Crippen molar-refractivity contribution in [2.75, 3.05) is 0 Å². The zero-order valence-corrected chi connectivity index (χ0v) is 30.4. The van der Waals surface area contributed by atoms with Crippen molar-refractivity contribution in [2.24, 2.45) is 4.99 Å². The van der Waals surface area contributed by atoms with Crippen LogP contribution in [-0.4, -0.2) is 15.1 Å². The van der Waals surface area contributed by atoms with Gasteiger partial charge in [-0.25, -0.2) is 4.98 Å². The van der Waals surface area contributed by atoms with Crippen molar-refractivity contribution in [1.29, 1.82) is 0 Å². The molecule has 2 aromatic heterocycles. The predicted octanol–water partition coefficient (Wildman–Crippen LogP) is 13.1. The maximum Gasteiger partial charge on any atom is 0.137 e. The van der Waals surface area contributed by atoms with Crippen molar-refractivity contribution < 1.29 is 0 Å². The van der Waals surface area contributed by atoms with Crippen LogP contribution in [0.5, 0.6) is 0 Å². The van der Waals surface area contributed by atoms with E-state index in [9.17, 15) is 0 Å². The topological polar surface area (TPSA) is 29.7 Å². The molecule has 0 saturated heterocycles. The second kappa shape index (κ2) is 14.3. The molecule has 0 amide bonds. The van der Waals surface area contributed by atoms with Crippen LogP contribution in [0, 0.1) is 6.92 Å². The van der Waals surface area contributed by atoms with E-state index in [1.165, 1.54) is 21.9 Å². The van der Waals surface area contributed by atoms with E-state index in [4.69, 9.17) is 9.98 Å². The molecule has 258 valence electrons. The number of nitrogens with zero attached hydrogens (tertiary/aromatic N) is 3. The molecule has 1 unspecified atom stereocenters. The molecule has 9 aromatic rings. The molecule has 0 fully saturated rings. The number of fused-ring (bicyclic) bond motifs is 2. The standard InChI is InChI=1S/C51H39N3/c1-35-46-26-13-12-19-38(46)28-29-47(35)49(39-20-8-4-9-21-39)52-36(2)43-32-44(37-17-6-3-7-18-37)34-45(33-43)41-24-16-25-42(31-41)50-51(40-22-10-5-11-23-40)54-30-15-14-27-48(54)53-50/h3-34,36H,1-2H3. The lowest BCUT2D eigenvalue weighted by Crippen LogP contribution is -2.08. The van der Waals surface area contributed by atoms with Gasteiger partial charge in [0.1, 0.15) is 5.65 Å². The van der Waals surface area contributed by atoms with E-state index in [1.54, 1.807) is 0 Å². The van der Waals surface area contributed by atoms with Crippen molar-refractivity contribution in [3.8, 4) is 44.8 Å². The number of benzene rings is 7. The Labute approximate surface area is 316 Å². The van der Waals surface area contributed by atoms with Gasteiger partial charge in [0.15, 0.2) is 0 Å². The number of pyridine rings is 1. The van der Waals surface area contributed by atoms with Gasteiger partial charge in [-0.1, -0.05) is 152 Å². The summed E-state index contributed by atoms with van der Waals surface area (Å²) in [6.07, 6.45) is 2.10. The fourth-order valence-corrected chi connectivity index (χ4v) is 7.62. The molecule has 0 N–H and O–H groups in total. The van der Waals surface area contributed by atoms with Gasteiger partial charge in [-0.3, -0.25) is 9.39 Å². The van der Waals surface area contributed by atoms with E-state index in [-0.39, 0.29) is 6.04 Å². The number of aryl methyl sites for hydroxylation is 1. The molecule has 1 atom stereocenters. The van der Waals surface area contributed by atoms with Crippen LogP contribution in [0.4, 0.5) is 0 Å². The molecule has 0 bridgehead atoms. The highest BCUT2D eigenvalue weighted by molar-refractivity contribution is 6.15. The summed E-state index contributed by atoms with van der Waals surface area (Å²) in [5.41, 5.74) is 15.4. The first-order valence-corrected chi connectivity index (χ1v) is 18.6. The summed E-state index contributed by atoms with van der Waals surface area (Å²) in [4.78, 5) is 10.7. The first kappa shape index (κ1) is 33.0. The molecule has 2 heterocycles. The summed E-state index contributed by atoms with van der Waals surface area (Å²) < 4.78 is 2.19. The van der Waals surface area contributed by atoms with Gasteiger partial charge in [-0.2, -0.15) is 0 Å². The third-order valence-corrected chi connectivity index (χ3v) is 10.4. The Morgan fingerprint density at radius 2 is 1.15 bits per heavy atom. The van der Waals surface area contributed by atoms with Crippen LogP contribution in [0.15, 0.2) is 199 Å². The summed E-state index contributed by atoms with van der Waals surface area (Å²) in [5, 5.41) is 2.49. The van der Waals surface area contributed by atoms with E-state index < -0.39 is 0 Å². The Balaban J connectivity index is 1.19. The third-order valence-electron chi connectivity index (χ3n) is 10.4. The van der Waals surface area contributed by atoms with Crippen molar-refractivity contribution in [3.63, 3.8) is 0 Å². The minimum atomic E-state index is -0.125. The van der Waals surface area contributed by atoms with Crippen molar-refractivity contribution in [2.45, 2.75) is 19.9 Å². The highest BCUT2D eigenvalue weighted by Crippen LogP contribution is 2.37. The van der Waals surface area contributed by atoms with Crippen molar-refractivity contribution in [1.82, 2.24) is 9.38 Å². The molecular weight excluding hydrogens is 655 g/mol. The van der Waals surface area contributed by atoms with Gasteiger partial charge in [-0.15, -0.1) is 0 Å². The van der Waals surface area contributed by atoms with E-state index >= 15 is 0 Å². The Morgan fingerprint density at radius 1 is 0.537 bits per heavy atom. The van der Waals surface area contributed by atoms with Gasteiger partial charge >= 0.3 is 0 Å². The lowest BCUT2D eigenvalue weighted by atomic mass is 9.91. The maximum atomic E-state index is 5.56. The first-order chi connectivity index (χ1) is 26.6. The quantitative estimate of drug-likeness (QED) is 0.146. The number of aliphatic imine (C=N–C) groups is 1. The van der Waals surface area contributed by atoms with Gasteiger partial charge in [-0.05, 0) is 94.4 Å². The molecule has 0 saturated carbocycles. The van der Waals surface area contributed by atoms with Crippen LogP contribution in [0.3, 0.4) is 0 Å². The summed E-state index contributed by atoms with van der Waals surface area (Å²) >= 11 is 0. The van der Waals surface area contributed by atoms with E-state index in [0.29, 0.717) is 0 Å². The molecular formula is C51H39N3. The second-order valence-electron chi connectivity index (χ2n) is 13.9. The molecule has 0 aliphatic rings. The normalized spacial score (nSPS) is 12.3. The minimum absolute atomic E-state index is 0.125. The predicted molar refractivity (Wildman–Crippen MR) is 226 cm³/mol. The van der Waals surface area contributed by atoms with E-state index in [1.807, 2.05) is 6.07 Å². The van der Waals surface area contributed by atoms with E-state index in [2.05, 4.69) is 206 Å². The smallest absolute Gasteiger partial charge is 0.137 e. The van der Waals surface area contributed by atoms with Gasteiger partial charge in [0.25, 0.3) is 0 Å². The number of hydrogen-bond acceptors (Lipinski definition) is 2. The largest absolute Gasteiger partial charge is 0.299 e. The minimum Gasteiger partial charge on any atom is -0.299 e. The highest BCUT2D eigenvalue weighted by Gasteiger charge is 2.19. The molecule has 0 aliphatic heterocycles. The zero-order chi connectivity index (χ0) is 36.4. The monoisotopic (exact) mass is 693 g/mol. The average Bonchev–Trinajstić information content (AvgIpc) is 3.64. The number of hydrogen-bond donors (Lipinski definition) is 0. The molecule has 3 heteroatoms. The van der Waals surface area contributed by atoms with Crippen LogP contribution < -0.4 is 0 Å². The summed E-state index contributed by atoms with van der Waals surface area (Å²) in [6, 6.07) is 66.6. The lowest BCUT2D eigenvalue weighted by Gasteiger charge is -2.18. The number of aromatic nitrogens is 2. The van der Waals surface area contributed by atoms with Crippen molar-refractivity contribution >= 4 is 22.1 Å². The highest BCUT2D eigenvalue weighted by atomic mass is 15.0. The van der Waals surface area contributed by atoms with Crippen LogP contribution in [0.25, 0.3) is 61.2 Å². The fourth-order valence-electron chi connectivity index (χ4n) is 7.62. The summed E-state index contributed by atoms with van der Waals surface area (Å²) in [7, 11) is 0. The van der Waals surface area contributed by atoms with Gasteiger partial charge < -0.3 is 0 Å². The van der Waals surface area contributed by atoms with Crippen LogP contribution in [0.2, 0.25) is 0 Å². The Hall–Kier alpha value is -6.84. The average molecular weight is 694 g/mol. The number of imidazole rings is 1. The Kier molecular flexibility index (Phi) is 8.74. The third kappa shape index (κ3) is 6.31. The van der Waals surface area contributed by atoms with Crippen LogP contribution >= 0.6 is 0 Å². The molecule has 7 aromatic carbocycles. The maximum absolute atomic E-state index is 5.56. The summed E-state index contributed by atoms with van der Waals surface area (Å²) in [5.74, 6) is 0. The van der Waals surface area contributed by atoms with Gasteiger partial charge in [0.2, 0.25) is 0 Å². The fraction of sp³-hybridized carbons (Fsp3) is 0.0588. The molecule has 54 heavy (non-hydrogen) atoms. The summed E-state index contributed by atoms with van der Waals surface area (Å²) in [6.45, 7) is 4.43. The lowest BCUT2D eigenvalue weighted by molar-refractivity contribution is 0.821. The number of rotatable bonds is 8. The first-order valence-electron chi connectivity index (χ1n) is 18.6. The molecule has 9 rings (SSSR count). The van der Waals surface area contributed by atoms with Gasteiger partial charge in [0, 0.05) is 28.5 Å². The Bertz CT molecular complexity index is 2780. The molecule has 0 radical (unpaired) electrons. The molecule has 0 spiro atoms. The van der Waals surface area contributed by atoms with Crippen LogP contribution in [0.1, 0.15) is 35.2 Å². The van der Waals surface area contributed by atoms with Crippen molar-refractivity contribution in [3.05, 3.63) is 217 Å². The molecule has 0 aliphatic carbocycles. The molecule has 3 nitrogen and oxygen atoms in total. The van der Waals surface area contributed by atoms with E-state index in [0.717, 1.165) is 67.3 Å². The van der Waals surface area contributed by atoms with Gasteiger partial charge in [0.05, 0.1) is 23.1 Å². The second-order valence-corrected chi connectivity index (χ2v) is 13.9. The SMILES string of the molecule is Cc1c(C(=NC(C)c2cc(-c3ccccc3)cc(-c3cccc(-c4nc5ccccn5c4-c4ccccc4)c3)c2)c2ccccc2)ccc2ccccc12.